The van der Waals surface area contributed by atoms with Gasteiger partial charge in [0.25, 0.3) is 5.91 Å². The van der Waals surface area contributed by atoms with E-state index in [-0.39, 0.29) is 30.1 Å². The molecule has 1 aliphatic heterocycles. The Morgan fingerprint density at radius 1 is 1.42 bits per heavy atom. The Balaban J connectivity index is 1.73. The van der Waals surface area contributed by atoms with Crippen molar-refractivity contribution in [1.82, 2.24) is 15.4 Å². The number of carbonyl (C=O) groups is 3. The lowest BCUT2D eigenvalue weighted by atomic mass is 9.67. The average molecular weight is 334 g/mol. The number of imide groups is 1. The number of urea groups is 1. The quantitative estimate of drug-likeness (QED) is 0.818. The third-order valence-electron chi connectivity index (χ3n) is 5.18. The van der Waals surface area contributed by atoms with Crippen molar-refractivity contribution in [2.45, 2.75) is 45.6 Å². The lowest BCUT2D eigenvalue weighted by Gasteiger charge is -2.42. The predicted molar refractivity (Wildman–Crippen MR) is 85.0 cm³/mol. The van der Waals surface area contributed by atoms with E-state index < -0.39 is 17.5 Å². The van der Waals surface area contributed by atoms with Crippen LogP contribution in [0.1, 0.15) is 38.9 Å². The molecular formula is C16H22N4O4. The van der Waals surface area contributed by atoms with E-state index in [9.17, 15) is 14.4 Å². The number of nitrogens with zero attached hydrogens (tertiary/aromatic N) is 2. The van der Waals surface area contributed by atoms with Crippen molar-refractivity contribution in [3.05, 3.63) is 11.8 Å². The van der Waals surface area contributed by atoms with E-state index in [1.165, 1.54) is 0 Å². The summed E-state index contributed by atoms with van der Waals surface area (Å²) in [4.78, 5) is 38.4. The fourth-order valence-corrected chi connectivity index (χ4v) is 3.85. The molecule has 2 N–H and O–H groups in total. The van der Waals surface area contributed by atoms with Gasteiger partial charge in [-0.25, -0.2) is 4.79 Å². The van der Waals surface area contributed by atoms with Crippen LogP contribution in [0.2, 0.25) is 0 Å². The highest BCUT2D eigenvalue weighted by atomic mass is 16.5. The first kappa shape index (κ1) is 16.5. The van der Waals surface area contributed by atoms with Gasteiger partial charge in [0, 0.05) is 6.07 Å². The summed E-state index contributed by atoms with van der Waals surface area (Å²) in [6, 6.07) is 1.06. The largest absolute Gasteiger partial charge is 0.360 e. The van der Waals surface area contributed by atoms with E-state index in [4.69, 9.17) is 4.52 Å². The maximum atomic E-state index is 12.9. The molecule has 8 nitrogen and oxygen atoms in total. The minimum atomic E-state index is -0.889. The summed E-state index contributed by atoms with van der Waals surface area (Å²) in [5.74, 6) is 0.120. The van der Waals surface area contributed by atoms with E-state index in [1.807, 2.05) is 13.8 Å². The molecule has 1 aliphatic carbocycles. The van der Waals surface area contributed by atoms with Gasteiger partial charge in [0.2, 0.25) is 5.91 Å². The smallest absolute Gasteiger partial charge is 0.325 e. The number of aromatic nitrogens is 1. The van der Waals surface area contributed by atoms with Gasteiger partial charge in [0.1, 0.15) is 17.8 Å². The third-order valence-corrected chi connectivity index (χ3v) is 5.18. The number of rotatable bonds is 3. The molecule has 1 aromatic rings. The monoisotopic (exact) mass is 334 g/mol. The predicted octanol–water partition coefficient (Wildman–Crippen LogP) is 1.67. The molecule has 4 amide bonds. The number of nitrogens with one attached hydrogen (secondary N) is 2. The standard InChI is InChI=1S/C16H22N4O4/c1-9-5-4-6-10(2)16(9)14(22)20(15(23)18-16)8-13(21)17-12-7-11(3)24-19-12/h7,9-10H,4-6,8H2,1-3H3,(H,18,23)(H,17,19,21)/t9-,10-/m0/s1. The van der Waals surface area contributed by atoms with Crippen LogP contribution in [0, 0.1) is 18.8 Å². The molecule has 2 atom stereocenters. The minimum absolute atomic E-state index is 0.0453. The first-order chi connectivity index (χ1) is 11.3. The van der Waals surface area contributed by atoms with Crippen molar-refractivity contribution in [2.75, 3.05) is 11.9 Å². The average Bonchev–Trinajstić information content (AvgIpc) is 3.02. The Hall–Kier alpha value is -2.38. The number of anilines is 1. The van der Waals surface area contributed by atoms with E-state index in [0.29, 0.717) is 5.76 Å². The summed E-state index contributed by atoms with van der Waals surface area (Å²) in [7, 11) is 0. The maximum Gasteiger partial charge on any atom is 0.325 e. The van der Waals surface area contributed by atoms with Gasteiger partial charge in [-0.05, 0) is 31.6 Å². The zero-order valence-corrected chi connectivity index (χ0v) is 14.1. The van der Waals surface area contributed by atoms with Crippen LogP contribution in [0.3, 0.4) is 0 Å². The van der Waals surface area contributed by atoms with Crippen LogP contribution in [-0.4, -0.2) is 40.0 Å². The molecule has 0 unspecified atom stereocenters. The minimum Gasteiger partial charge on any atom is -0.360 e. The zero-order chi connectivity index (χ0) is 17.5. The molecule has 2 fully saturated rings. The van der Waals surface area contributed by atoms with Crippen LogP contribution in [-0.2, 0) is 9.59 Å². The lowest BCUT2D eigenvalue weighted by Crippen LogP contribution is -2.59. The second-order valence-corrected chi connectivity index (χ2v) is 6.79. The van der Waals surface area contributed by atoms with Crippen molar-refractivity contribution in [3.8, 4) is 0 Å². The Labute approximate surface area is 139 Å². The van der Waals surface area contributed by atoms with Crippen LogP contribution in [0.4, 0.5) is 10.6 Å². The van der Waals surface area contributed by atoms with Crippen LogP contribution < -0.4 is 10.6 Å². The van der Waals surface area contributed by atoms with Crippen LogP contribution in [0.25, 0.3) is 0 Å². The fraction of sp³-hybridized carbons (Fsp3) is 0.625. The highest BCUT2D eigenvalue weighted by Gasteiger charge is 2.58. The molecule has 1 spiro atoms. The molecule has 1 aromatic heterocycles. The zero-order valence-electron chi connectivity index (χ0n) is 14.1. The molecule has 2 heterocycles. The molecule has 3 rings (SSSR count). The van der Waals surface area contributed by atoms with Crippen molar-refractivity contribution in [2.24, 2.45) is 11.8 Å². The van der Waals surface area contributed by atoms with Crippen molar-refractivity contribution < 1.29 is 18.9 Å². The van der Waals surface area contributed by atoms with Gasteiger partial charge < -0.3 is 15.2 Å². The topological polar surface area (TPSA) is 105 Å². The summed E-state index contributed by atoms with van der Waals surface area (Å²) in [6.45, 7) is 5.33. The highest BCUT2D eigenvalue weighted by Crippen LogP contribution is 2.42. The fourth-order valence-electron chi connectivity index (χ4n) is 3.85. The first-order valence-corrected chi connectivity index (χ1v) is 8.22. The van der Waals surface area contributed by atoms with Crippen LogP contribution in [0.15, 0.2) is 10.6 Å². The number of carbonyl (C=O) groups excluding carboxylic acids is 3. The van der Waals surface area contributed by atoms with Gasteiger partial charge in [0.15, 0.2) is 5.82 Å². The van der Waals surface area contributed by atoms with Gasteiger partial charge in [-0.2, -0.15) is 0 Å². The van der Waals surface area contributed by atoms with Crippen LogP contribution >= 0.6 is 0 Å². The molecular weight excluding hydrogens is 312 g/mol. The van der Waals surface area contributed by atoms with Gasteiger partial charge in [-0.1, -0.05) is 25.4 Å². The Morgan fingerprint density at radius 2 is 2.08 bits per heavy atom. The first-order valence-electron chi connectivity index (χ1n) is 8.22. The number of hydrogen-bond acceptors (Lipinski definition) is 5. The molecule has 1 saturated carbocycles. The summed E-state index contributed by atoms with van der Waals surface area (Å²) >= 11 is 0. The molecule has 0 radical (unpaired) electrons. The number of aryl methyl sites for hydroxylation is 1. The van der Waals surface area contributed by atoms with Crippen molar-refractivity contribution in [3.63, 3.8) is 0 Å². The Kier molecular flexibility index (Phi) is 4.06. The van der Waals surface area contributed by atoms with E-state index >= 15 is 0 Å². The Morgan fingerprint density at radius 3 is 2.67 bits per heavy atom. The van der Waals surface area contributed by atoms with E-state index in [0.717, 1.165) is 24.2 Å². The maximum absolute atomic E-state index is 12.9. The van der Waals surface area contributed by atoms with Gasteiger partial charge in [0.05, 0.1) is 0 Å². The molecule has 0 bridgehead atoms. The summed E-state index contributed by atoms with van der Waals surface area (Å²) < 4.78 is 4.87. The lowest BCUT2D eigenvalue weighted by molar-refractivity contribution is -0.138. The van der Waals surface area contributed by atoms with E-state index in [2.05, 4.69) is 15.8 Å². The number of hydrogen-bond donors (Lipinski definition) is 2. The summed E-state index contributed by atoms with van der Waals surface area (Å²) in [5, 5.41) is 9.06. The van der Waals surface area contributed by atoms with Gasteiger partial charge >= 0.3 is 6.03 Å². The van der Waals surface area contributed by atoms with Gasteiger partial charge in [-0.3, -0.25) is 14.5 Å². The normalized spacial score (nSPS) is 25.9. The number of amides is 4. The third kappa shape index (κ3) is 2.55. The molecule has 1 saturated heterocycles. The second kappa shape index (κ2) is 5.92. The molecule has 130 valence electrons. The SMILES string of the molecule is Cc1cc(NC(=O)CN2C(=O)NC3(C2=O)[C@@H](C)CCC[C@@H]3C)no1. The summed E-state index contributed by atoms with van der Waals surface area (Å²) in [6.07, 6.45) is 2.81. The second-order valence-electron chi connectivity index (χ2n) is 6.79. The van der Waals surface area contributed by atoms with Crippen molar-refractivity contribution in [1.29, 1.82) is 0 Å². The molecule has 0 aromatic carbocycles. The van der Waals surface area contributed by atoms with E-state index in [1.54, 1.807) is 13.0 Å². The summed E-state index contributed by atoms with van der Waals surface area (Å²) in [5.41, 5.74) is -0.889. The van der Waals surface area contributed by atoms with Gasteiger partial charge in [-0.15, -0.1) is 0 Å². The molecule has 2 aliphatic rings. The Bertz CT molecular complexity index is 673. The van der Waals surface area contributed by atoms with Crippen molar-refractivity contribution >= 4 is 23.7 Å². The molecule has 8 heteroatoms. The highest BCUT2D eigenvalue weighted by molar-refractivity contribution is 6.10. The van der Waals surface area contributed by atoms with Crippen LogP contribution in [0.5, 0.6) is 0 Å². The molecule has 24 heavy (non-hydrogen) atoms.